The molecule has 0 unspecified atom stereocenters. The minimum atomic E-state index is -3.89. The maximum Gasteiger partial charge on any atom is 0.564 e. The maximum absolute atomic E-state index is 13.2. The first-order valence-corrected chi connectivity index (χ1v) is 9.60. The van der Waals surface area contributed by atoms with Gasteiger partial charge in [0.15, 0.2) is 0 Å². The zero-order valence-electron chi connectivity index (χ0n) is 14.1. The van der Waals surface area contributed by atoms with Crippen molar-refractivity contribution >= 4 is 13.6 Å². The van der Waals surface area contributed by atoms with E-state index in [9.17, 15) is 4.57 Å². The molecule has 0 aliphatic carbocycles. The molecule has 0 amide bonds. The van der Waals surface area contributed by atoms with E-state index >= 15 is 0 Å². The van der Waals surface area contributed by atoms with Crippen LogP contribution in [0.1, 0.15) is 5.56 Å². The zero-order chi connectivity index (χ0) is 18.2. The Morgan fingerprint density at radius 1 is 0.769 bits per heavy atom. The smallest absolute Gasteiger partial charge is 0.399 e. The lowest BCUT2D eigenvalue weighted by Gasteiger charge is -2.16. The molecule has 3 aromatic rings. The van der Waals surface area contributed by atoms with Crippen molar-refractivity contribution in [1.29, 1.82) is 0 Å². The fraction of sp³-hybridized carbons (Fsp3) is 0.0500. The highest BCUT2D eigenvalue weighted by molar-refractivity contribution is 7.53. The molecule has 0 fully saturated rings. The van der Waals surface area contributed by atoms with E-state index in [1.807, 2.05) is 42.5 Å². The summed E-state index contributed by atoms with van der Waals surface area (Å²) in [6.45, 7) is 0. The molecular weight excluding hydrogens is 347 g/mol. The van der Waals surface area contributed by atoms with Gasteiger partial charge in [-0.3, -0.25) is 0 Å². The normalized spacial score (nSPS) is 11.8. The molecule has 6 heteroatoms. The van der Waals surface area contributed by atoms with E-state index in [-0.39, 0.29) is 5.84 Å². The summed E-state index contributed by atoms with van der Waals surface area (Å²) in [5.74, 6) is 0.956. The molecular formula is C20H19N2O3P. The second-order valence-corrected chi connectivity index (χ2v) is 7.03. The number of para-hydroxylation sites is 2. The van der Waals surface area contributed by atoms with Crippen LogP contribution in [0.5, 0.6) is 11.5 Å². The van der Waals surface area contributed by atoms with Gasteiger partial charge in [0.2, 0.25) is 0 Å². The lowest BCUT2D eigenvalue weighted by molar-refractivity contribution is 0.388. The number of benzene rings is 3. The highest BCUT2D eigenvalue weighted by atomic mass is 31.2. The minimum absolute atomic E-state index is 0.173. The number of nitrogens with two attached hydrogens (primary N) is 1. The number of hydrogen-bond donors (Lipinski definition) is 1. The van der Waals surface area contributed by atoms with Crippen LogP contribution in [0, 0.1) is 0 Å². The summed E-state index contributed by atoms with van der Waals surface area (Å²) >= 11 is 0. The number of hydrogen-bond acceptors (Lipinski definition) is 3. The van der Waals surface area contributed by atoms with Gasteiger partial charge in [0.05, 0.1) is 0 Å². The lowest BCUT2D eigenvalue weighted by atomic mass is 10.1. The van der Waals surface area contributed by atoms with Gasteiger partial charge < -0.3 is 14.8 Å². The van der Waals surface area contributed by atoms with Crippen molar-refractivity contribution in [3.63, 3.8) is 0 Å². The van der Waals surface area contributed by atoms with Crippen LogP contribution < -0.4 is 14.8 Å². The fourth-order valence-corrected chi connectivity index (χ4v) is 3.57. The number of rotatable bonds is 7. The van der Waals surface area contributed by atoms with E-state index in [4.69, 9.17) is 14.8 Å². The topological polar surface area (TPSA) is 73.9 Å². The summed E-state index contributed by atoms with van der Waals surface area (Å²) in [5, 5.41) is 0. The number of nitrogens with zero attached hydrogens (tertiary/aromatic N) is 1. The highest BCUT2D eigenvalue weighted by Crippen LogP contribution is 2.50. The van der Waals surface area contributed by atoms with Gasteiger partial charge in [-0.25, -0.2) is 4.57 Å². The average molecular weight is 366 g/mol. The van der Waals surface area contributed by atoms with Gasteiger partial charge in [0.25, 0.3) is 0 Å². The van der Waals surface area contributed by atoms with E-state index in [1.165, 1.54) is 0 Å². The lowest BCUT2D eigenvalue weighted by Crippen LogP contribution is -2.16. The molecule has 132 valence electrons. The summed E-state index contributed by atoms with van der Waals surface area (Å²) in [5.41, 5.74) is 6.97. The Bertz CT molecular complexity index is 855. The van der Waals surface area contributed by atoms with Crippen molar-refractivity contribution in [3.05, 3.63) is 96.6 Å². The van der Waals surface area contributed by atoms with Crippen molar-refractivity contribution in [3.8, 4) is 11.5 Å². The van der Waals surface area contributed by atoms with Crippen LogP contribution in [-0.2, 0) is 11.0 Å². The quantitative estimate of drug-likeness (QED) is 0.368. The van der Waals surface area contributed by atoms with Gasteiger partial charge in [-0.05, 0) is 29.8 Å². The summed E-state index contributed by atoms with van der Waals surface area (Å²) in [6.07, 6.45) is 0.348. The monoisotopic (exact) mass is 366 g/mol. The Balaban J connectivity index is 1.86. The second-order valence-electron chi connectivity index (χ2n) is 5.53. The Labute approximate surface area is 152 Å². The Kier molecular flexibility index (Phi) is 5.72. The number of amidine groups is 1. The standard InChI is InChI=1S/C20H19N2O3P/c21-20(16-17-10-4-1-5-11-17)22-26(23,24-18-12-6-2-7-13-18)25-19-14-8-3-9-15-19/h1-15H,16H2,(H2,21,22,23). The predicted molar refractivity (Wildman–Crippen MR) is 104 cm³/mol. The van der Waals surface area contributed by atoms with Gasteiger partial charge in [0.1, 0.15) is 17.3 Å². The molecule has 0 aromatic heterocycles. The first-order chi connectivity index (χ1) is 12.6. The molecule has 5 nitrogen and oxygen atoms in total. The summed E-state index contributed by atoms with van der Waals surface area (Å²) in [7, 11) is -3.89. The van der Waals surface area contributed by atoms with Crippen molar-refractivity contribution < 1.29 is 13.6 Å². The van der Waals surface area contributed by atoms with E-state index < -0.39 is 7.75 Å². The molecule has 0 atom stereocenters. The van der Waals surface area contributed by atoms with Crippen molar-refractivity contribution in [2.45, 2.75) is 6.42 Å². The molecule has 3 aromatic carbocycles. The van der Waals surface area contributed by atoms with E-state index in [0.717, 1.165) is 5.56 Å². The first kappa shape index (κ1) is 17.8. The zero-order valence-corrected chi connectivity index (χ0v) is 15.0. The van der Waals surface area contributed by atoms with E-state index in [0.29, 0.717) is 17.9 Å². The van der Waals surface area contributed by atoms with Gasteiger partial charge in [-0.1, -0.05) is 66.7 Å². The summed E-state index contributed by atoms with van der Waals surface area (Å²) in [6, 6.07) is 27.1. The molecule has 0 saturated heterocycles. The molecule has 0 aliphatic heterocycles. The molecule has 0 bridgehead atoms. The average Bonchev–Trinajstić information content (AvgIpc) is 2.63. The van der Waals surface area contributed by atoms with Gasteiger partial charge in [0, 0.05) is 6.42 Å². The third-order valence-electron chi connectivity index (χ3n) is 3.41. The highest BCUT2D eigenvalue weighted by Gasteiger charge is 2.28. The molecule has 0 saturated carbocycles. The molecule has 3 rings (SSSR count). The molecule has 0 spiro atoms. The third kappa shape index (κ3) is 5.23. The molecule has 0 heterocycles. The van der Waals surface area contributed by atoms with E-state index in [2.05, 4.69) is 4.76 Å². The SMILES string of the molecule is N/C(Cc1ccccc1)=N\P(=O)(Oc1ccccc1)Oc1ccccc1. The van der Waals surface area contributed by atoms with Gasteiger partial charge >= 0.3 is 7.75 Å². The van der Waals surface area contributed by atoms with Crippen molar-refractivity contribution in [1.82, 2.24) is 0 Å². The van der Waals surface area contributed by atoms with Crippen molar-refractivity contribution in [2.75, 3.05) is 0 Å². The van der Waals surface area contributed by atoms with Crippen LogP contribution in [0.15, 0.2) is 95.8 Å². The van der Waals surface area contributed by atoms with Crippen molar-refractivity contribution in [2.24, 2.45) is 10.5 Å². The predicted octanol–water partition coefficient (Wildman–Crippen LogP) is 4.85. The first-order valence-electron chi connectivity index (χ1n) is 8.11. The second kappa shape index (κ2) is 8.37. The Morgan fingerprint density at radius 2 is 1.19 bits per heavy atom. The third-order valence-corrected chi connectivity index (χ3v) is 4.79. The van der Waals surface area contributed by atoms with Crippen LogP contribution in [0.2, 0.25) is 0 Å². The van der Waals surface area contributed by atoms with Gasteiger partial charge in [-0.15, -0.1) is 4.76 Å². The Hall–Kier alpha value is -3.04. The van der Waals surface area contributed by atoms with E-state index in [1.54, 1.807) is 48.5 Å². The largest absolute Gasteiger partial charge is 0.564 e. The molecule has 0 aliphatic rings. The maximum atomic E-state index is 13.2. The molecule has 26 heavy (non-hydrogen) atoms. The van der Waals surface area contributed by atoms with Crippen LogP contribution in [0.3, 0.4) is 0 Å². The van der Waals surface area contributed by atoms with Crippen LogP contribution in [-0.4, -0.2) is 5.84 Å². The van der Waals surface area contributed by atoms with Crippen LogP contribution >= 0.6 is 7.75 Å². The fourth-order valence-electron chi connectivity index (χ4n) is 2.29. The summed E-state index contributed by atoms with van der Waals surface area (Å²) < 4.78 is 28.5. The summed E-state index contributed by atoms with van der Waals surface area (Å²) in [4.78, 5) is 0. The molecule has 2 N–H and O–H groups in total. The van der Waals surface area contributed by atoms with Crippen LogP contribution in [0.25, 0.3) is 0 Å². The Morgan fingerprint density at radius 3 is 1.65 bits per heavy atom. The molecule has 0 radical (unpaired) electrons. The van der Waals surface area contributed by atoms with Crippen LogP contribution in [0.4, 0.5) is 0 Å². The van der Waals surface area contributed by atoms with Gasteiger partial charge in [-0.2, -0.15) is 0 Å². The minimum Gasteiger partial charge on any atom is -0.399 e.